The molecular weight excluding hydrogens is 256 g/mol. The summed E-state index contributed by atoms with van der Waals surface area (Å²) < 4.78 is 32.1. The molecule has 0 aliphatic heterocycles. The normalized spacial score (nSPS) is 11.1. The Bertz CT molecular complexity index is 570. The minimum Gasteiger partial charge on any atom is -0.429 e. The zero-order chi connectivity index (χ0) is 13.9. The number of nitro benzene ring substituents is 1. The topological polar surface area (TPSA) is 52.4 Å². The Hall–Kier alpha value is -2.50. The number of halogens is 2. The lowest BCUT2D eigenvalue weighted by Crippen LogP contribution is -2.21. The van der Waals surface area contributed by atoms with Crippen LogP contribution in [0.5, 0.6) is 5.75 Å². The summed E-state index contributed by atoms with van der Waals surface area (Å²) >= 11 is 0. The predicted molar refractivity (Wildman–Crippen MR) is 64.1 cm³/mol. The van der Waals surface area contributed by atoms with Crippen LogP contribution < -0.4 is 4.74 Å². The second kappa shape index (κ2) is 5.01. The summed E-state index contributed by atoms with van der Waals surface area (Å²) in [4.78, 5) is 9.79. The van der Waals surface area contributed by atoms with Gasteiger partial charge in [0, 0.05) is 12.1 Å². The Labute approximate surface area is 107 Å². The smallest absolute Gasteiger partial charge is 0.426 e. The van der Waals surface area contributed by atoms with Crippen LogP contribution in [0.1, 0.15) is 5.56 Å². The van der Waals surface area contributed by atoms with Crippen molar-refractivity contribution in [1.29, 1.82) is 0 Å². The highest BCUT2D eigenvalue weighted by atomic mass is 19.3. The molecule has 0 heterocycles. The Morgan fingerprint density at radius 1 is 1.00 bits per heavy atom. The number of ether oxygens (including phenoxy) is 1. The summed E-state index contributed by atoms with van der Waals surface area (Å²) in [6.07, 6.45) is -3.55. The lowest BCUT2D eigenvalue weighted by molar-refractivity contribution is -0.384. The molecule has 0 N–H and O–H groups in total. The van der Waals surface area contributed by atoms with E-state index in [4.69, 9.17) is 0 Å². The van der Waals surface area contributed by atoms with E-state index in [-0.39, 0.29) is 11.4 Å². The highest BCUT2D eigenvalue weighted by Gasteiger charge is 2.34. The van der Waals surface area contributed by atoms with Gasteiger partial charge in [-0.3, -0.25) is 10.1 Å². The van der Waals surface area contributed by atoms with Gasteiger partial charge in [0.1, 0.15) is 5.75 Å². The van der Waals surface area contributed by atoms with Gasteiger partial charge in [-0.05, 0) is 24.3 Å². The van der Waals surface area contributed by atoms with Crippen molar-refractivity contribution in [1.82, 2.24) is 0 Å². The molecule has 0 spiro atoms. The Morgan fingerprint density at radius 3 is 2.11 bits per heavy atom. The molecule has 0 bridgehead atoms. The van der Waals surface area contributed by atoms with Gasteiger partial charge in [-0.25, -0.2) is 0 Å². The first-order chi connectivity index (χ1) is 8.99. The quantitative estimate of drug-likeness (QED) is 0.625. The maximum absolute atomic E-state index is 13.8. The number of alkyl halides is 2. The van der Waals surface area contributed by atoms with Crippen LogP contribution in [-0.4, -0.2) is 4.92 Å². The van der Waals surface area contributed by atoms with Gasteiger partial charge < -0.3 is 4.74 Å². The molecule has 0 aliphatic carbocycles. The predicted octanol–water partition coefficient (Wildman–Crippen LogP) is 3.72. The molecule has 2 aromatic carbocycles. The van der Waals surface area contributed by atoms with Gasteiger partial charge in [0.2, 0.25) is 0 Å². The number of nitrogens with zero attached hydrogens (tertiary/aromatic N) is 1. The van der Waals surface area contributed by atoms with Crippen molar-refractivity contribution in [3.05, 3.63) is 70.3 Å². The average Bonchev–Trinajstić information content (AvgIpc) is 2.39. The minimum atomic E-state index is -3.55. The van der Waals surface area contributed by atoms with E-state index in [0.29, 0.717) is 0 Å². The summed E-state index contributed by atoms with van der Waals surface area (Å²) in [5.74, 6) is 0.0193. The molecule has 0 aliphatic rings. The standard InChI is InChI=1S/C13H9F2NO3/c14-13(15,19-12-4-2-1-3-5-12)10-6-8-11(9-7-10)16(17)18/h1-9H. The third-order valence-corrected chi connectivity index (χ3v) is 2.40. The van der Waals surface area contributed by atoms with Gasteiger partial charge in [0.25, 0.3) is 5.69 Å². The Morgan fingerprint density at radius 2 is 1.58 bits per heavy atom. The number of para-hydroxylation sites is 1. The van der Waals surface area contributed by atoms with Crippen LogP contribution in [0.3, 0.4) is 0 Å². The second-order valence-corrected chi connectivity index (χ2v) is 3.74. The fraction of sp³-hybridized carbons (Fsp3) is 0.0769. The minimum absolute atomic E-state index is 0.0193. The van der Waals surface area contributed by atoms with Crippen LogP contribution in [0.25, 0.3) is 0 Å². The number of hydrogen-bond acceptors (Lipinski definition) is 3. The molecule has 2 aromatic rings. The van der Waals surface area contributed by atoms with Crippen LogP contribution in [-0.2, 0) is 6.11 Å². The molecule has 0 radical (unpaired) electrons. The van der Waals surface area contributed by atoms with Crippen molar-refractivity contribution in [2.75, 3.05) is 0 Å². The van der Waals surface area contributed by atoms with E-state index in [1.807, 2.05) is 0 Å². The average molecular weight is 265 g/mol. The molecule has 4 nitrogen and oxygen atoms in total. The summed E-state index contributed by atoms with van der Waals surface area (Å²) in [6, 6.07) is 11.6. The van der Waals surface area contributed by atoms with Gasteiger partial charge in [-0.15, -0.1) is 0 Å². The van der Waals surface area contributed by atoms with Crippen molar-refractivity contribution in [2.45, 2.75) is 6.11 Å². The molecule has 0 fully saturated rings. The third kappa shape index (κ3) is 3.04. The monoisotopic (exact) mass is 265 g/mol. The van der Waals surface area contributed by atoms with Crippen molar-refractivity contribution >= 4 is 5.69 Å². The SMILES string of the molecule is O=[N+]([O-])c1ccc(C(F)(F)Oc2ccccc2)cc1. The first-order valence-corrected chi connectivity index (χ1v) is 5.36. The van der Waals surface area contributed by atoms with Crippen molar-refractivity contribution in [3.63, 3.8) is 0 Å². The summed E-state index contributed by atoms with van der Waals surface area (Å²) in [6.45, 7) is 0. The molecule has 2 rings (SSSR count). The summed E-state index contributed by atoms with van der Waals surface area (Å²) in [5, 5.41) is 10.4. The van der Waals surface area contributed by atoms with Crippen molar-refractivity contribution in [3.8, 4) is 5.75 Å². The lowest BCUT2D eigenvalue weighted by Gasteiger charge is -2.17. The number of nitro groups is 1. The van der Waals surface area contributed by atoms with E-state index in [1.165, 1.54) is 12.1 Å². The van der Waals surface area contributed by atoms with Gasteiger partial charge in [-0.1, -0.05) is 18.2 Å². The second-order valence-electron chi connectivity index (χ2n) is 3.74. The van der Waals surface area contributed by atoms with Gasteiger partial charge in [0.05, 0.1) is 10.5 Å². The third-order valence-electron chi connectivity index (χ3n) is 2.40. The highest BCUT2D eigenvalue weighted by molar-refractivity contribution is 5.34. The highest BCUT2D eigenvalue weighted by Crippen LogP contribution is 2.32. The van der Waals surface area contributed by atoms with E-state index >= 15 is 0 Å². The first kappa shape index (κ1) is 12.9. The molecule has 0 aromatic heterocycles. The van der Waals surface area contributed by atoms with Gasteiger partial charge in [-0.2, -0.15) is 8.78 Å². The van der Waals surface area contributed by atoms with Crippen LogP contribution in [0.4, 0.5) is 14.5 Å². The molecule has 0 saturated carbocycles. The van der Waals surface area contributed by atoms with Gasteiger partial charge in [0.15, 0.2) is 0 Å². The van der Waals surface area contributed by atoms with E-state index in [9.17, 15) is 18.9 Å². The summed E-state index contributed by atoms with van der Waals surface area (Å²) in [5.41, 5.74) is -0.693. The maximum atomic E-state index is 13.8. The Balaban J connectivity index is 2.21. The van der Waals surface area contributed by atoms with Crippen LogP contribution >= 0.6 is 0 Å². The Kier molecular flexibility index (Phi) is 3.41. The van der Waals surface area contributed by atoms with Crippen molar-refractivity contribution < 1.29 is 18.4 Å². The number of rotatable bonds is 4. The van der Waals surface area contributed by atoms with E-state index in [2.05, 4.69) is 4.74 Å². The molecule has 0 atom stereocenters. The molecule has 19 heavy (non-hydrogen) atoms. The fourth-order valence-electron chi connectivity index (χ4n) is 1.47. The van der Waals surface area contributed by atoms with E-state index in [1.54, 1.807) is 18.2 Å². The molecule has 0 amide bonds. The number of hydrogen-bond donors (Lipinski definition) is 0. The van der Waals surface area contributed by atoms with Crippen LogP contribution in [0.15, 0.2) is 54.6 Å². The van der Waals surface area contributed by atoms with Crippen LogP contribution in [0.2, 0.25) is 0 Å². The molecule has 0 saturated heterocycles. The fourth-order valence-corrected chi connectivity index (χ4v) is 1.47. The van der Waals surface area contributed by atoms with Crippen molar-refractivity contribution in [2.24, 2.45) is 0 Å². The zero-order valence-electron chi connectivity index (χ0n) is 9.62. The molecular formula is C13H9F2NO3. The zero-order valence-corrected chi connectivity index (χ0v) is 9.62. The molecule has 0 unspecified atom stereocenters. The largest absolute Gasteiger partial charge is 0.429 e. The number of benzene rings is 2. The van der Waals surface area contributed by atoms with E-state index in [0.717, 1.165) is 24.3 Å². The van der Waals surface area contributed by atoms with Gasteiger partial charge >= 0.3 is 6.11 Å². The molecule has 6 heteroatoms. The number of non-ortho nitro benzene ring substituents is 1. The summed E-state index contributed by atoms with van der Waals surface area (Å²) in [7, 11) is 0. The van der Waals surface area contributed by atoms with Crippen LogP contribution in [0, 0.1) is 10.1 Å². The first-order valence-electron chi connectivity index (χ1n) is 5.36. The van der Waals surface area contributed by atoms with E-state index < -0.39 is 16.6 Å². The lowest BCUT2D eigenvalue weighted by atomic mass is 10.2. The molecule has 98 valence electrons. The maximum Gasteiger partial charge on any atom is 0.426 e.